The van der Waals surface area contributed by atoms with Gasteiger partial charge in [-0.15, -0.1) is 0 Å². The van der Waals surface area contributed by atoms with Gasteiger partial charge < -0.3 is 15.3 Å². The second-order valence-electron chi connectivity index (χ2n) is 3.82. The average Bonchev–Trinajstić information content (AvgIpc) is 2.18. The SMILES string of the molecule is CC(O)CN1Cc2ccccc2NC1=O. The van der Waals surface area contributed by atoms with Gasteiger partial charge in [0, 0.05) is 18.8 Å². The summed E-state index contributed by atoms with van der Waals surface area (Å²) in [4.78, 5) is 13.2. The molecule has 2 rings (SSSR count). The molecule has 1 atom stereocenters. The van der Waals surface area contributed by atoms with Crippen molar-refractivity contribution in [2.45, 2.75) is 19.6 Å². The van der Waals surface area contributed by atoms with Crippen LogP contribution >= 0.6 is 0 Å². The van der Waals surface area contributed by atoms with Crippen molar-refractivity contribution < 1.29 is 9.90 Å². The zero-order valence-electron chi connectivity index (χ0n) is 8.60. The number of hydrogen-bond donors (Lipinski definition) is 2. The molecule has 4 heteroatoms. The van der Waals surface area contributed by atoms with Crippen LogP contribution < -0.4 is 5.32 Å². The summed E-state index contributed by atoms with van der Waals surface area (Å²) >= 11 is 0. The Balaban J connectivity index is 2.18. The first-order chi connectivity index (χ1) is 7.16. The molecular formula is C11H14N2O2. The molecule has 80 valence electrons. The molecule has 4 nitrogen and oxygen atoms in total. The van der Waals surface area contributed by atoms with Gasteiger partial charge in [0.2, 0.25) is 0 Å². The normalized spacial score (nSPS) is 16.9. The van der Waals surface area contributed by atoms with Gasteiger partial charge in [0.25, 0.3) is 0 Å². The van der Waals surface area contributed by atoms with Gasteiger partial charge in [-0.2, -0.15) is 0 Å². The summed E-state index contributed by atoms with van der Waals surface area (Å²) in [5, 5.41) is 12.0. The number of urea groups is 1. The smallest absolute Gasteiger partial charge is 0.322 e. The quantitative estimate of drug-likeness (QED) is 0.768. The van der Waals surface area contributed by atoms with Crippen molar-refractivity contribution in [1.82, 2.24) is 4.90 Å². The highest BCUT2D eigenvalue weighted by atomic mass is 16.3. The number of nitrogens with one attached hydrogen (secondary N) is 1. The number of benzene rings is 1. The number of aliphatic hydroxyl groups excluding tert-OH is 1. The van der Waals surface area contributed by atoms with Crippen LogP contribution in [0.25, 0.3) is 0 Å². The monoisotopic (exact) mass is 206 g/mol. The molecule has 2 amide bonds. The zero-order valence-corrected chi connectivity index (χ0v) is 8.60. The number of carbonyl (C=O) groups is 1. The summed E-state index contributed by atoms with van der Waals surface area (Å²) in [6.45, 7) is 2.60. The molecule has 0 saturated heterocycles. The molecule has 1 aromatic rings. The third-order valence-corrected chi connectivity index (χ3v) is 2.39. The highest BCUT2D eigenvalue weighted by molar-refractivity contribution is 5.92. The molecule has 0 fully saturated rings. The van der Waals surface area contributed by atoms with Crippen LogP contribution in [-0.2, 0) is 6.54 Å². The minimum Gasteiger partial charge on any atom is -0.392 e. The minimum atomic E-state index is -0.499. The lowest BCUT2D eigenvalue weighted by atomic mass is 10.1. The van der Waals surface area contributed by atoms with Gasteiger partial charge in [0.05, 0.1) is 6.10 Å². The number of rotatable bonds is 2. The topological polar surface area (TPSA) is 52.6 Å². The van der Waals surface area contributed by atoms with E-state index in [2.05, 4.69) is 5.32 Å². The second-order valence-corrected chi connectivity index (χ2v) is 3.82. The summed E-state index contributed by atoms with van der Waals surface area (Å²) in [5.41, 5.74) is 1.95. The molecule has 0 aliphatic carbocycles. The van der Waals surface area contributed by atoms with Crippen molar-refractivity contribution >= 4 is 11.7 Å². The van der Waals surface area contributed by atoms with Crippen molar-refractivity contribution in [3.63, 3.8) is 0 Å². The van der Waals surface area contributed by atoms with Crippen LogP contribution in [0.3, 0.4) is 0 Å². The van der Waals surface area contributed by atoms with E-state index < -0.39 is 6.10 Å². The number of para-hydroxylation sites is 1. The van der Waals surface area contributed by atoms with Gasteiger partial charge in [0.15, 0.2) is 0 Å². The van der Waals surface area contributed by atoms with Crippen LogP contribution in [0.2, 0.25) is 0 Å². The number of β-amino-alcohol motifs (C(OH)–C–C–N with tert-alkyl or cyclic N) is 1. The maximum Gasteiger partial charge on any atom is 0.322 e. The lowest BCUT2D eigenvalue weighted by Crippen LogP contribution is -2.42. The van der Waals surface area contributed by atoms with Gasteiger partial charge in [-0.3, -0.25) is 0 Å². The van der Waals surface area contributed by atoms with Crippen LogP contribution in [-0.4, -0.2) is 28.7 Å². The number of nitrogens with zero attached hydrogens (tertiary/aromatic N) is 1. The number of amides is 2. The van der Waals surface area contributed by atoms with E-state index in [0.717, 1.165) is 11.3 Å². The summed E-state index contributed by atoms with van der Waals surface area (Å²) in [6.07, 6.45) is -0.499. The van der Waals surface area contributed by atoms with Gasteiger partial charge >= 0.3 is 6.03 Å². The molecular weight excluding hydrogens is 192 g/mol. The molecule has 1 aliphatic heterocycles. The molecule has 1 heterocycles. The number of carbonyl (C=O) groups excluding carboxylic acids is 1. The van der Waals surface area contributed by atoms with Gasteiger partial charge in [-0.05, 0) is 18.6 Å². The van der Waals surface area contributed by atoms with E-state index >= 15 is 0 Å². The van der Waals surface area contributed by atoms with Crippen LogP contribution in [0.15, 0.2) is 24.3 Å². The highest BCUT2D eigenvalue weighted by Gasteiger charge is 2.22. The maximum atomic E-state index is 11.6. The predicted octanol–water partition coefficient (Wildman–Crippen LogP) is 1.41. The summed E-state index contributed by atoms with van der Waals surface area (Å²) < 4.78 is 0. The summed E-state index contributed by atoms with van der Waals surface area (Å²) in [6, 6.07) is 7.55. The van der Waals surface area contributed by atoms with Crippen LogP contribution in [0.1, 0.15) is 12.5 Å². The van der Waals surface area contributed by atoms with E-state index in [1.54, 1.807) is 11.8 Å². The first-order valence-corrected chi connectivity index (χ1v) is 4.98. The van der Waals surface area contributed by atoms with E-state index in [-0.39, 0.29) is 6.03 Å². The molecule has 0 spiro atoms. The Morgan fingerprint density at radius 3 is 3.00 bits per heavy atom. The average molecular weight is 206 g/mol. The van der Waals surface area contributed by atoms with Crippen molar-refractivity contribution in [3.8, 4) is 0 Å². The van der Waals surface area contributed by atoms with Gasteiger partial charge in [0.1, 0.15) is 0 Å². The highest BCUT2D eigenvalue weighted by Crippen LogP contribution is 2.22. The van der Waals surface area contributed by atoms with Gasteiger partial charge in [-0.25, -0.2) is 4.79 Å². The first-order valence-electron chi connectivity index (χ1n) is 4.98. The van der Waals surface area contributed by atoms with Crippen LogP contribution in [0.4, 0.5) is 10.5 Å². The van der Waals surface area contributed by atoms with Crippen molar-refractivity contribution in [3.05, 3.63) is 29.8 Å². The Bertz CT molecular complexity index is 377. The van der Waals surface area contributed by atoms with Gasteiger partial charge in [-0.1, -0.05) is 18.2 Å². The molecule has 2 N–H and O–H groups in total. The molecule has 0 bridgehead atoms. The molecule has 0 radical (unpaired) electrons. The number of hydrogen-bond acceptors (Lipinski definition) is 2. The summed E-state index contributed by atoms with van der Waals surface area (Å²) in [7, 11) is 0. The van der Waals surface area contributed by atoms with Crippen LogP contribution in [0.5, 0.6) is 0 Å². The molecule has 15 heavy (non-hydrogen) atoms. The fraction of sp³-hybridized carbons (Fsp3) is 0.364. The Morgan fingerprint density at radius 2 is 2.27 bits per heavy atom. The third-order valence-electron chi connectivity index (χ3n) is 2.39. The standard InChI is InChI=1S/C11H14N2O2/c1-8(14)6-13-7-9-4-2-3-5-10(9)12-11(13)15/h2-5,8,14H,6-7H2,1H3,(H,12,15). The molecule has 1 unspecified atom stereocenters. The fourth-order valence-electron chi connectivity index (χ4n) is 1.72. The molecule has 0 saturated carbocycles. The van der Waals surface area contributed by atoms with E-state index in [9.17, 15) is 9.90 Å². The lowest BCUT2D eigenvalue weighted by Gasteiger charge is -2.30. The van der Waals surface area contributed by atoms with Crippen molar-refractivity contribution in [2.24, 2.45) is 0 Å². The fourth-order valence-corrected chi connectivity index (χ4v) is 1.72. The molecule has 1 aliphatic rings. The predicted molar refractivity (Wildman–Crippen MR) is 57.6 cm³/mol. The van der Waals surface area contributed by atoms with E-state index in [1.165, 1.54) is 0 Å². The third kappa shape index (κ3) is 2.10. The second kappa shape index (κ2) is 3.90. The Hall–Kier alpha value is -1.55. The first kappa shape index (κ1) is 9.98. The Morgan fingerprint density at radius 1 is 1.53 bits per heavy atom. The lowest BCUT2D eigenvalue weighted by molar-refractivity contribution is 0.134. The largest absolute Gasteiger partial charge is 0.392 e. The van der Waals surface area contributed by atoms with E-state index in [1.807, 2.05) is 24.3 Å². The van der Waals surface area contributed by atoms with E-state index in [0.29, 0.717) is 13.1 Å². The Kier molecular flexibility index (Phi) is 2.60. The zero-order chi connectivity index (χ0) is 10.8. The number of aliphatic hydroxyl groups is 1. The molecule has 1 aromatic carbocycles. The number of anilines is 1. The minimum absolute atomic E-state index is 0.144. The molecule has 0 aromatic heterocycles. The van der Waals surface area contributed by atoms with Crippen molar-refractivity contribution in [2.75, 3.05) is 11.9 Å². The summed E-state index contributed by atoms with van der Waals surface area (Å²) in [5.74, 6) is 0. The van der Waals surface area contributed by atoms with Crippen molar-refractivity contribution in [1.29, 1.82) is 0 Å². The maximum absolute atomic E-state index is 11.6. The van der Waals surface area contributed by atoms with Crippen LogP contribution in [0, 0.1) is 0 Å². The Labute approximate surface area is 88.5 Å². The number of fused-ring (bicyclic) bond motifs is 1. The van der Waals surface area contributed by atoms with E-state index in [4.69, 9.17) is 0 Å².